The molecule has 1 aromatic heterocycles. The smallest absolute Gasteiger partial charge is 0.244 e. The molecule has 1 fully saturated rings. The first-order valence-corrected chi connectivity index (χ1v) is 9.20. The summed E-state index contributed by atoms with van der Waals surface area (Å²) in [5.41, 5.74) is 0. The van der Waals surface area contributed by atoms with Crippen LogP contribution in [0.3, 0.4) is 0 Å². The first-order valence-electron chi connectivity index (χ1n) is 7.72. The van der Waals surface area contributed by atoms with E-state index in [-0.39, 0.29) is 10.9 Å². The van der Waals surface area contributed by atoms with Crippen molar-refractivity contribution < 1.29 is 8.42 Å². The number of nitrogens with one attached hydrogen (secondary N) is 2. The maximum Gasteiger partial charge on any atom is 0.244 e. The van der Waals surface area contributed by atoms with Crippen LogP contribution < -0.4 is 10.0 Å². The van der Waals surface area contributed by atoms with Crippen LogP contribution in [0.4, 0.5) is 5.82 Å². The van der Waals surface area contributed by atoms with Gasteiger partial charge in [-0.15, -0.1) is 0 Å². The molecule has 0 bridgehead atoms. The Balaban J connectivity index is 2.02. The SMILES string of the molecule is CCCC1CCC(NS(=O)(=O)c2cccnc2NC)CC1. The standard InChI is InChI=1S/C15H25N3O2S/c1-3-5-12-7-9-13(10-8-12)18-21(19,20)14-6-4-11-17-15(14)16-2/h4,6,11-13,18H,3,5,7-10H2,1-2H3,(H,16,17). The molecular formula is C15H25N3O2S. The molecule has 1 aromatic rings. The lowest BCUT2D eigenvalue weighted by atomic mass is 9.84. The zero-order chi connectivity index (χ0) is 15.3. The van der Waals surface area contributed by atoms with Gasteiger partial charge in [0.1, 0.15) is 10.7 Å². The first-order chi connectivity index (χ1) is 10.1. The minimum Gasteiger partial charge on any atom is -0.372 e. The molecule has 0 amide bonds. The minimum absolute atomic E-state index is 0.0491. The van der Waals surface area contributed by atoms with Gasteiger partial charge in [0.25, 0.3) is 0 Å². The van der Waals surface area contributed by atoms with Gasteiger partial charge in [-0.05, 0) is 43.7 Å². The molecule has 0 atom stereocenters. The Labute approximate surface area is 127 Å². The third-order valence-electron chi connectivity index (χ3n) is 4.16. The van der Waals surface area contributed by atoms with Crippen LogP contribution >= 0.6 is 0 Å². The van der Waals surface area contributed by atoms with E-state index >= 15 is 0 Å². The van der Waals surface area contributed by atoms with Crippen molar-refractivity contribution in [2.45, 2.75) is 56.4 Å². The van der Waals surface area contributed by atoms with Crippen LogP contribution in [0.15, 0.2) is 23.2 Å². The Morgan fingerprint density at radius 1 is 1.29 bits per heavy atom. The molecular weight excluding hydrogens is 286 g/mol. The molecule has 6 heteroatoms. The predicted molar refractivity (Wildman–Crippen MR) is 84.8 cm³/mol. The highest BCUT2D eigenvalue weighted by atomic mass is 32.2. The van der Waals surface area contributed by atoms with E-state index in [1.165, 1.54) is 12.8 Å². The molecule has 0 unspecified atom stereocenters. The van der Waals surface area contributed by atoms with Crippen LogP contribution in [0.2, 0.25) is 0 Å². The van der Waals surface area contributed by atoms with Gasteiger partial charge in [0.15, 0.2) is 0 Å². The second kappa shape index (κ2) is 7.22. The molecule has 0 spiro atoms. The summed E-state index contributed by atoms with van der Waals surface area (Å²) in [4.78, 5) is 4.29. The van der Waals surface area contributed by atoms with Crippen molar-refractivity contribution in [1.29, 1.82) is 0 Å². The molecule has 0 radical (unpaired) electrons. The van der Waals surface area contributed by atoms with E-state index in [0.29, 0.717) is 5.82 Å². The highest BCUT2D eigenvalue weighted by molar-refractivity contribution is 7.89. The number of anilines is 1. The highest BCUT2D eigenvalue weighted by Crippen LogP contribution is 2.29. The molecule has 1 aliphatic carbocycles. The molecule has 1 aliphatic rings. The molecule has 1 saturated carbocycles. The summed E-state index contributed by atoms with van der Waals surface area (Å²) in [6, 6.07) is 3.28. The largest absolute Gasteiger partial charge is 0.372 e. The molecule has 5 nitrogen and oxygen atoms in total. The van der Waals surface area contributed by atoms with Crippen molar-refractivity contribution in [1.82, 2.24) is 9.71 Å². The average molecular weight is 311 g/mol. The van der Waals surface area contributed by atoms with E-state index in [1.807, 2.05) is 0 Å². The van der Waals surface area contributed by atoms with Crippen molar-refractivity contribution >= 4 is 15.8 Å². The maximum absolute atomic E-state index is 12.5. The third-order valence-corrected chi connectivity index (χ3v) is 5.71. The third kappa shape index (κ3) is 4.17. The molecule has 1 heterocycles. The van der Waals surface area contributed by atoms with E-state index in [9.17, 15) is 8.42 Å². The predicted octanol–water partition coefficient (Wildman–Crippen LogP) is 2.76. The van der Waals surface area contributed by atoms with Crippen LogP contribution in [0.25, 0.3) is 0 Å². The zero-order valence-corrected chi connectivity index (χ0v) is 13.6. The summed E-state index contributed by atoms with van der Waals surface area (Å²) in [5, 5.41) is 2.83. The highest BCUT2D eigenvalue weighted by Gasteiger charge is 2.26. The fraction of sp³-hybridized carbons (Fsp3) is 0.667. The number of nitrogens with zero attached hydrogens (tertiary/aromatic N) is 1. The van der Waals surface area contributed by atoms with Gasteiger partial charge in [0.05, 0.1) is 0 Å². The van der Waals surface area contributed by atoms with Gasteiger partial charge < -0.3 is 5.32 Å². The first kappa shape index (κ1) is 16.2. The van der Waals surface area contributed by atoms with E-state index in [4.69, 9.17) is 0 Å². The van der Waals surface area contributed by atoms with Crippen LogP contribution in [0.5, 0.6) is 0 Å². The molecule has 2 N–H and O–H groups in total. The van der Waals surface area contributed by atoms with Gasteiger partial charge in [-0.25, -0.2) is 18.1 Å². The topological polar surface area (TPSA) is 71.1 Å². The molecule has 21 heavy (non-hydrogen) atoms. The van der Waals surface area contributed by atoms with Crippen LogP contribution in [-0.4, -0.2) is 26.5 Å². The lowest BCUT2D eigenvalue weighted by Gasteiger charge is -2.28. The van der Waals surface area contributed by atoms with Crippen molar-refractivity contribution in [3.05, 3.63) is 18.3 Å². The number of sulfonamides is 1. The summed E-state index contributed by atoms with van der Waals surface area (Å²) in [6.45, 7) is 2.20. The fourth-order valence-electron chi connectivity index (χ4n) is 3.06. The maximum atomic E-state index is 12.5. The van der Waals surface area contributed by atoms with Gasteiger partial charge in [-0.1, -0.05) is 19.8 Å². The van der Waals surface area contributed by atoms with Gasteiger partial charge in [-0.2, -0.15) is 0 Å². The van der Waals surface area contributed by atoms with E-state index in [0.717, 1.165) is 31.6 Å². The van der Waals surface area contributed by atoms with Crippen LogP contribution in [0.1, 0.15) is 45.4 Å². The number of aromatic nitrogens is 1. The number of hydrogen-bond acceptors (Lipinski definition) is 4. The lowest BCUT2D eigenvalue weighted by Crippen LogP contribution is -2.37. The van der Waals surface area contributed by atoms with Gasteiger partial charge >= 0.3 is 0 Å². The van der Waals surface area contributed by atoms with E-state index in [2.05, 4.69) is 21.9 Å². The normalized spacial score (nSPS) is 23.0. The Morgan fingerprint density at radius 2 is 2.00 bits per heavy atom. The summed E-state index contributed by atoms with van der Waals surface area (Å²) in [7, 11) is -1.83. The minimum atomic E-state index is -3.51. The summed E-state index contributed by atoms with van der Waals surface area (Å²) in [5.74, 6) is 1.16. The Bertz CT molecular complexity index is 552. The van der Waals surface area contributed by atoms with E-state index < -0.39 is 10.0 Å². The van der Waals surface area contributed by atoms with Gasteiger partial charge in [-0.3, -0.25) is 0 Å². The fourth-order valence-corrected chi connectivity index (χ4v) is 4.52. The van der Waals surface area contributed by atoms with Crippen molar-refractivity contribution in [3.63, 3.8) is 0 Å². The second-order valence-electron chi connectivity index (χ2n) is 5.73. The van der Waals surface area contributed by atoms with Crippen molar-refractivity contribution in [3.8, 4) is 0 Å². The number of hydrogen-bond donors (Lipinski definition) is 2. The number of rotatable bonds is 6. The Morgan fingerprint density at radius 3 is 2.62 bits per heavy atom. The summed E-state index contributed by atoms with van der Waals surface area (Å²) >= 11 is 0. The monoisotopic (exact) mass is 311 g/mol. The number of pyridine rings is 1. The van der Waals surface area contributed by atoms with Crippen LogP contribution in [0, 0.1) is 5.92 Å². The molecule has 0 saturated heterocycles. The van der Waals surface area contributed by atoms with Crippen LogP contribution in [-0.2, 0) is 10.0 Å². The van der Waals surface area contributed by atoms with E-state index in [1.54, 1.807) is 25.4 Å². The Kier molecular flexibility index (Phi) is 5.58. The molecule has 2 rings (SSSR count). The zero-order valence-electron chi connectivity index (χ0n) is 12.8. The second-order valence-corrected chi connectivity index (χ2v) is 7.41. The van der Waals surface area contributed by atoms with Crippen molar-refractivity contribution in [2.24, 2.45) is 5.92 Å². The Hall–Kier alpha value is -1.14. The average Bonchev–Trinajstić information content (AvgIpc) is 2.49. The van der Waals surface area contributed by atoms with Crippen molar-refractivity contribution in [2.75, 3.05) is 12.4 Å². The lowest BCUT2D eigenvalue weighted by molar-refractivity contribution is 0.297. The van der Waals surface area contributed by atoms with Gasteiger partial charge in [0.2, 0.25) is 10.0 Å². The summed E-state index contributed by atoms with van der Waals surface area (Å²) in [6.07, 6.45) is 8.15. The molecule has 118 valence electrons. The quantitative estimate of drug-likeness (QED) is 0.847. The van der Waals surface area contributed by atoms with Gasteiger partial charge in [0, 0.05) is 19.3 Å². The molecule has 0 aromatic carbocycles. The summed E-state index contributed by atoms with van der Waals surface area (Å²) < 4.78 is 27.8. The molecule has 0 aliphatic heterocycles.